The monoisotopic (exact) mass is 347 g/mol. The van der Waals surface area contributed by atoms with Crippen LogP contribution in [-0.4, -0.2) is 20.1 Å². The summed E-state index contributed by atoms with van der Waals surface area (Å²) in [7, 11) is 0. The summed E-state index contributed by atoms with van der Waals surface area (Å²) in [4.78, 5) is 16.8. The maximum atomic E-state index is 12.6. The summed E-state index contributed by atoms with van der Waals surface area (Å²) in [5.41, 5.74) is 7.39. The van der Waals surface area contributed by atoms with Gasteiger partial charge in [0.15, 0.2) is 0 Å². The van der Waals surface area contributed by atoms with Gasteiger partial charge in [-0.2, -0.15) is 5.26 Å². The number of para-hydroxylation sites is 2. The first-order valence-electron chi connectivity index (χ1n) is 8.57. The van der Waals surface area contributed by atoms with Gasteiger partial charge in [0.05, 0.1) is 11.0 Å². The van der Waals surface area contributed by atoms with E-state index in [-0.39, 0.29) is 5.57 Å². The van der Waals surface area contributed by atoms with Crippen LogP contribution >= 0.6 is 0 Å². The van der Waals surface area contributed by atoms with E-state index in [4.69, 9.17) is 0 Å². The van der Waals surface area contributed by atoms with Crippen molar-refractivity contribution in [3.05, 3.63) is 59.2 Å². The summed E-state index contributed by atoms with van der Waals surface area (Å²) in [6, 6.07) is 11.5. The fraction of sp³-hybridized carbons (Fsp3) is 0.250. The van der Waals surface area contributed by atoms with Crippen molar-refractivity contribution < 1.29 is 4.79 Å². The number of nitrogens with zero attached hydrogens (tertiary/aromatic N) is 4. The number of carbonyl (C=O) groups is 1. The normalized spacial score (nSPS) is 11.5. The van der Waals surface area contributed by atoms with Crippen LogP contribution in [-0.2, 0) is 11.3 Å². The molecule has 0 unspecified atom stereocenters. The Morgan fingerprint density at radius 1 is 1.35 bits per heavy atom. The highest BCUT2D eigenvalue weighted by atomic mass is 16.2. The average Bonchev–Trinajstić information content (AvgIpc) is 3.16. The van der Waals surface area contributed by atoms with Crippen molar-refractivity contribution in [3.8, 4) is 6.07 Å². The van der Waals surface area contributed by atoms with E-state index in [1.54, 1.807) is 6.08 Å². The predicted molar refractivity (Wildman–Crippen MR) is 102 cm³/mol. The van der Waals surface area contributed by atoms with Gasteiger partial charge < -0.3 is 4.57 Å². The molecule has 0 aliphatic carbocycles. The zero-order valence-electron chi connectivity index (χ0n) is 15.2. The minimum Gasteiger partial charge on any atom is -0.349 e. The highest BCUT2D eigenvalue weighted by Crippen LogP contribution is 2.19. The molecule has 0 radical (unpaired) electrons. The Kier molecular flexibility index (Phi) is 4.90. The van der Waals surface area contributed by atoms with E-state index in [0.717, 1.165) is 41.0 Å². The molecule has 6 heteroatoms. The van der Waals surface area contributed by atoms with Crippen LogP contribution in [0.3, 0.4) is 0 Å². The molecule has 132 valence electrons. The van der Waals surface area contributed by atoms with Crippen LogP contribution in [0.5, 0.6) is 0 Å². The third-order valence-electron chi connectivity index (χ3n) is 4.40. The van der Waals surface area contributed by atoms with Crippen LogP contribution in [0, 0.1) is 25.2 Å². The second-order valence-corrected chi connectivity index (χ2v) is 6.19. The van der Waals surface area contributed by atoms with Crippen molar-refractivity contribution in [1.29, 1.82) is 5.26 Å². The third-order valence-corrected chi connectivity index (χ3v) is 4.40. The number of rotatable bonds is 5. The average molecular weight is 347 g/mol. The molecule has 2 aromatic heterocycles. The van der Waals surface area contributed by atoms with E-state index < -0.39 is 5.91 Å². The first-order chi connectivity index (χ1) is 12.5. The number of aryl methyl sites for hydroxylation is 1. The highest BCUT2D eigenvalue weighted by molar-refractivity contribution is 6.07. The maximum Gasteiger partial charge on any atom is 0.280 e. The molecule has 0 aliphatic heterocycles. The first-order valence-corrected chi connectivity index (χ1v) is 8.57. The van der Waals surface area contributed by atoms with Crippen molar-refractivity contribution in [2.24, 2.45) is 0 Å². The minimum absolute atomic E-state index is 0.0551. The van der Waals surface area contributed by atoms with Gasteiger partial charge in [-0.05, 0) is 50.1 Å². The molecule has 6 nitrogen and oxygen atoms in total. The van der Waals surface area contributed by atoms with Crippen molar-refractivity contribution in [2.45, 2.75) is 33.7 Å². The van der Waals surface area contributed by atoms with E-state index in [9.17, 15) is 10.1 Å². The zero-order valence-corrected chi connectivity index (χ0v) is 15.2. The molecule has 0 fully saturated rings. The van der Waals surface area contributed by atoms with Crippen LogP contribution in [0.4, 0.5) is 0 Å². The molecule has 26 heavy (non-hydrogen) atoms. The van der Waals surface area contributed by atoms with E-state index >= 15 is 0 Å². The summed E-state index contributed by atoms with van der Waals surface area (Å²) in [6.45, 7) is 7.08. The van der Waals surface area contributed by atoms with Crippen molar-refractivity contribution in [2.75, 3.05) is 5.43 Å². The Labute approximate surface area is 152 Å². The number of nitriles is 1. The molecule has 1 N–H and O–H groups in total. The van der Waals surface area contributed by atoms with Crippen LogP contribution in [0.25, 0.3) is 17.1 Å². The molecule has 0 spiro atoms. The van der Waals surface area contributed by atoms with E-state index in [2.05, 4.69) is 21.9 Å². The molecule has 0 atom stereocenters. The molecule has 0 bridgehead atoms. The second kappa shape index (κ2) is 7.28. The molecule has 0 aliphatic rings. The standard InChI is InChI=1S/C20H21N5O/c1-4-9-24-14(2)10-16(15(24)3)11-17(12-21)20(26)23-25-13-22-18-7-5-6-8-19(18)25/h5-8,10-11,13H,4,9H2,1-3H3,(H,23,26)/b17-11+. The number of hydrogen-bond donors (Lipinski definition) is 1. The number of nitrogens with one attached hydrogen (secondary N) is 1. The van der Waals surface area contributed by atoms with Gasteiger partial charge in [0.2, 0.25) is 0 Å². The third kappa shape index (κ3) is 3.24. The molecular formula is C20H21N5O. The smallest absolute Gasteiger partial charge is 0.280 e. The fourth-order valence-corrected chi connectivity index (χ4v) is 3.06. The Morgan fingerprint density at radius 3 is 2.85 bits per heavy atom. The number of amides is 1. The summed E-state index contributed by atoms with van der Waals surface area (Å²) in [5, 5.41) is 9.46. The molecule has 2 heterocycles. The summed E-state index contributed by atoms with van der Waals surface area (Å²) in [6.07, 6.45) is 4.20. The number of hydrogen-bond acceptors (Lipinski definition) is 3. The van der Waals surface area contributed by atoms with Crippen molar-refractivity contribution in [3.63, 3.8) is 0 Å². The fourth-order valence-electron chi connectivity index (χ4n) is 3.06. The van der Waals surface area contributed by atoms with Crippen molar-refractivity contribution in [1.82, 2.24) is 14.2 Å². The molecule has 3 rings (SSSR count). The van der Waals surface area contributed by atoms with Gasteiger partial charge in [0, 0.05) is 17.9 Å². The molecule has 0 saturated heterocycles. The molecular weight excluding hydrogens is 326 g/mol. The number of imidazole rings is 1. The summed E-state index contributed by atoms with van der Waals surface area (Å²) >= 11 is 0. The lowest BCUT2D eigenvalue weighted by Gasteiger charge is -2.07. The molecule has 1 amide bonds. The second-order valence-electron chi connectivity index (χ2n) is 6.19. The van der Waals surface area contributed by atoms with Gasteiger partial charge in [0.1, 0.15) is 18.0 Å². The van der Waals surface area contributed by atoms with Gasteiger partial charge in [-0.25, -0.2) is 9.66 Å². The lowest BCUT2D eigenvalue weighted by Crippen LogP contribution is -2.23. The number of carbonyl (C=O) groups excluding carboxylic acids is 1. The number of benzene rings is 1. The highest BCUT2D eigenvalue weighted by Gasteiger charge is 2.14. The summed E-state index contributed by atoms with van der Waals surface area (Å²) in [5.74, 6) is -0.462. The van der Waals surface area contributed by atoms with E-state index in [1.165, 1.54) is 11.0 Å². The molecule has 1 aromatic carbocycles. The first kappa shape index (κ1) is 17.5. The van der Waals surface area contributed by atoms with E-state index in [1.807, 2.05) is 50.2 Å². The topological polar surface area (TPSA) is 75.6 Å². The van der Waals surface area contributed by atoms with Gasteiger partial charge in [-0.1, -0.05) is 19.1 Å². The zero-order chi connectivity index (χ0) is 18.7. The van der Waals surface area contributed by atoms with E-state index in [0.29, 0.717) is 0 Å². The Hall–Kier alpha value is -3.33. The SMILES string of the molecule is CCCn1c(C)cc(/C=C(\C#N)C(=O)Nn2cnc3ccccc32)c1C. The van der Waals surface area contributed by atoms with Crippen LogP contribution in [0.1, 0.15) is 30.3 Å². The summed E-state index contributed by atoms with van der Waals surface area (Å²) < 4.78 is 3.73. The molecule has 0 saturated carbocycles. The maximum absolute atomic E-state index is 12.6. The Balaban J connectivity index is 1.89. The Bertz CT molecular complexity index is 1030. The van der Waals surface area contributed by atoms with Gasteiger partial charge in [-0.15, -0.1) is 0 Å². The Morgan fingerprint density at radius 2 is 2.12 bits per heavy atom. The lowest BCUT2D eigenvalue weighted by molar-refractivity contribution is -0.113. The van der Waals surface area contributed by atoms with Crippen LogP contribution in [0.15, 0.2) is 42.2 Å². The quantitative estimate of drug-likeness (QED) is 0.566. The van der Waals surface area contributed by atoms with Gasteiger partial charge in [-0.3, -0.25) is 10.2 Å². The minimum atomic E-state index is -0.462. The van der Waals surface area contributed by atoms with Crippen molar-refractivity contribution >= 4 is 23.0 Å². The lowest BCUT2D eigenvalue weighted by atomic mass is 10.1. The van der Waals surface area contributed by atoms with Gasteiger partial charge in [0.25, 0.3) is 5.91 Å². The molecule has 3 aromatic rings. The number of aromatic nitrogens is 3. The van der Waals surface area contributed by atoms with Crippen LogP contribution < -0.4 is 5.43 Å². The van der Waals surface area contributed by atoms with Crippen LogP contribution in [0.2, 0.25) is 0 Å². The van der Waals surface area contributed by atoms with Gasteiger partial charge >= 0.3 is 0 Å². The predicted octanol–water partition coefficient (Wildman–Crippen LogP) is 3.54. The number of fused-ring (bicyclic) bond motifs is 1. The largest absolute Gasteiger partial charge is 0.349 e.